The maximum Gasteiger partial charge on any atom is 0.269 e. The Morgan fingerprint density at radius 3 is 2.56 bits per heavy atom. The smallest absolute Gasteiger partial charge is 0.258 e. The second kappa shape index (κ2) is 7.90. The van der Waals surface area contributed by atoms with Gasteiger partial charge in [0.05, 0.1) is 21.8 Å². The summed E-state index contributed by atoms with van der Waals surface area (Å²) in [5, 5.41) is 16.1. The first-order chi connectivity index (χ1) is 12.2. The van der Waals surface area contributed by atoms with E-state index < -0.39 is 4.92 Å². The van der Waals surface area contributed by atoms with Crippen molar-refractivity contribution in [1.82, 2.24) is 4.98 Å². The number of hydrogen-bond donors (Lipinski definition) is 0. The van der Waals surface area contributed by atoms with Crippen molar-refractivity contribution in [1.29, 1.82) is 0 Å². The second-order valence-corrected chi connectivity index (χ2v) is 6.34. The molecule has 3 aromatic rings. The van der Waals surface area contributed by atoms with Gasteiger partial charge in [0.25, 0.3) is 5.69 Å². The standard InChI is InChI=1S/C18H13N3O2S2/c22-21(23)16-8-6-13(7-9-16)17(19-12-24)10-15-11-25-18(20-15)14-4-2-1-3-5-14/h1-9,11,17H,10H2/t17-/m0/s1. The largest absolute Gasteiger partial charge is 0.269 e. The average Bonchev–Trinajstić information content (AvgIpc) is 3.11. The van der Waals surface area contributed by atoms with Crippen LogP contribution in [0.2, 0.25) is 0 Å². The van der Waals surface area contributed by atoms with E-state index in [1.807, 2.05) is 35.7 Å². The molecule has 5 nitrogen and oxygen atoms in total. The number of thiocarbonyl (C=S) groups is 1. The van der Waals surface area contributed by atoms with Gasteiger partial charge < -0.3 is 0 Å². The van der Waals surface area contributed by atoms with Crippen molar-refractivity contribution in [2.45, 2.75) is 12.5 Å². The van der Waals surface area contributed by atoms with Crippen LogP contribution in [0.3, 0.4) is 0 Å². The van der Waals surface area contributed by atoms with Crippen molar-refractivity contribution in [3.8, 4) is 10.6 Å². The predicted octanol–water partition coefficient (Wildman–Crippen LogP) is 5.10. The van der Waals surface area contributed by atoms with Crippen LogP contribution >= 0.6 is 23.6 Å². The van der Waals surface area contributed by atoms with Gasteiger partial charge in [-0.25, -0.2) is 9.98 Å². The van der Waals surface area contributed by atoms with Crippen molar-refractivity contribution in [2.24, 2.45) is 4.99 Å². The van der Waals surface area contributed by atoms with Gasteiger partial charge in [-0.3, -0.25) is 10.1 Å². The topological polar surface area (TPSA) is 68.4 Å². The molecule has 25 heavy (non-hydrogen) atoms. The zero-order valence-electron chi connectivity index (χ0n) is 13.0. The molecule has 7 heteroatoms. The number of isothiocyanates is 1. The van der Waals surface area contributed by atoms with Gasteiger partial charge in [-0.1, -0.05) is 42.5 Å². The van der Waals surface area contributed by atoms with E-state index in [-0.39, 0.29) is 11.7 Å². The molecule has 0 fully saturated rings. The van der Waals surface area contributed by atoms with E-state index in [9.17, 15) is 10.1 Å². The predicted molar refractivity (Wildman–Crippen MR) is 102 cm³/mol. The molecule has 0 bridgehead atoms. The molecule has 3 rings (SSSR count). The number of non-ortho nitro benzene ring substituents is 1. The number of hydrogen-bond acceptors (Lipinski definition) is 6. The zero-order valence-corrected chi connectivity index (χ0v) is 14.7. The lowest BCUT2D eigenvalue weighted by atomic mass is 10.0. The van der Waals surface area contributed by atoms with Crippen LogP contribution < -0.4 is 0 Å². The summed E-state index contributed by atoms with van der Waals surface area (Å²) in [5.74, 6) is 0. The first kappa shape index (κ1) is 17.1. The molecule has 124 valence electrons. The molecule has 1 aromatic heterocycles. The van der Waals surface area contributed by atoms with E-state index in [0.717, 1.165) is 21.8 Å². The number of nitrogens with zero attached hydrogens (tertiary/aromatic N) is 3. The van der Waals surface area contributed by atoms with Crippen molar-refractivity contribution in [3.63, 3.8) is 0 Å². The zero-order chi connectivity index (χ0) is 17.6. The summed E-state index contributed by atoms with van der Waals surface area (Å²) < 4.78 is 0. The van der Waals surface area contributed by atoms with Crippen LogP contribution in [0.15, 0.2) is 65.0 Å². The lowest BCUT2D eigenvalue weighted by Crippen LogP contribution is -2.01. The maximum atomic E-state index is 10.8. The molecular weight excluding hydrogens is 354 g/mol. The molecule has 0 saturated heterocycles. The van der Waals surface area contributed by atoms with Crippen LogP contribution in [-0.2, 0) is 6.42 Å². The summed E-state index contributed by atoms with van der Waals surface area (Å²) in [7, 11) is 0. The van der Waals surface area contributed by atoms with Gasteiger partial charge in [-0.05, 0) is 17.8 Å². The van der Waals surface area contributed by atoms with Gasteiger partial charge in [0.15, 0.2) is 0 Å². The van der Waals surface area contributed by atoms with Gasteiger partial charge in [-0.2, -0.15) is 0 Å². The van der Waals surface area contributed by atoms with Crippen molar-refractivity contribution in [2.75, 3.05) is 0 Å². The molecule has 0 N–H and O–H groups in total. The minimum absolute atomic E-state index is 0.0499. The SMILES string of the molecule is O=[N+]([O-])c1ccc([C@H](Cc2csc(-c3ccccc3)n2)N=C=S)cc1. The van der Waals surface area contributed by atoms with Crippen LogP contribution in [0.4, 0.5) is 5.69 Å². The normalized spacial score (nSPS) is 11.5. The summed E-state index contributed by atoms with van der Waals surface area (Å²) in [5.41, 5.74) is 2.87. The Kier molecular flexibility index (Phi) is 5.40. The molecule has 0 aliphatic carbocycles. The maximum absolute atomic E-state index is 10.8. The number of benzene rings is 2. The molecule has 1 heterocycles. The summed E-state index contributed by atoms with van der Waals surface area (Å²) in [6, 6.07) is 16.0. The summed E-state index contributed by atoms with van der Waals surface area (Å²) in [6.07, 6.45) is 0.560. The monoisotopic (exact) mass is 367 g/mol. The molecule has 0 radical (unpaired) electrons. The molecule has 1 atom stereocenters. The molecule has 0 saturated carbocycles. The first-order valence-corrected chi connectivity index (χ1v) is 8.77. The highest BCUT2D eigenvalue weighted by Gasteiger charge is 2.15. The quantitative estimate of drug-likeness (QED) is 0.263. The third-order valence-corrected chi connectivity index (χ3v) is 4.72. The van der Waals surface area contributed by atoms with Crippen LogP contribution in [0.1, 0.15) is 17.3 Å². The van der Waals surface area contributed by atoms with Crippen molar-refractivity contribution >= 4 is 34.4 Å². The highest BCUT2D eigenvalue weighted by atomic mass is 32.1. The Morgan fingerprint density at radius 1 is 1.20 bits per heavy atom. The molecule has 0 aliphatic rings. The third-order valence-electron chi connectivity index (χ3n) is 3.67. The molecular formula is C18H13N3O2S2. The summed E-state index contributed by atoms with van der Waals surface area (Å²) in [6.45, 7) is 0. The number of nitro groups is 1. The van der Waals surface area contributed by atoms with E-state index >= 15 is 0 Å². The minimum atomic E-state index is -0.423. The molecule has 0 amide bonds. The van der Waals surface area contributed by atoms with Gasteiger partial charge in [-0.15, -0.1) is 11.3 Å². The van der Waals surface area contributed by atoms with E-state index in [1.165, 1.54) is 12.1 Å². The number of aromatic nitrogens is 1. The fraction of sp³-hybridized carbons (Fsp3) is 0.111. The van der Waals surface area contributed by atoms with Gasteiger partial charge in [0, 0.05) is 29.5 Å². The van der Waals surface area contributed by atoms with Gasteiger partial charge in [0.1, 0.15) is 5.01 Å². The number of thiazole rings is 1. The minimum Gasteiger partial charge on any atom is -0.258 e. The number of nitro benzene ring substituents is 1. The fourth-order valence-corrected chi connectivity index (χ4v) is 3.40. The molecule has 0 spiro atoms. The number of aliphatic imine (C=N–C) groups is 1. The summed E-state index contributed by atoms with van der Waals surface area (Å²) >= 11 is 6.33. The Balaban J connectivity index is 1.82. The number of rotatable bonds is 6. The summed E-state index contributed by atoms with van der Waals surface area (Å²) in [4.78, 5) is 19.2. The van der Waals surface area contributed by atoms with Crippen LogP contribution in [0.25, 0.3) is 10.6 Å². The van der Waals surface area contributed by atoms with Gasteiger partial charge >= 0.3 is 0 Å². The Labute approximate surface area is 153 Å². The van der Waals surface area contributed by atoms with Crippen molar-refractivity contribution < 1.29 is 4.92 Å². The fourth-order valence-electron chi connectivity index (χ4n) is 2.43. The average molecular weight is 367 g/mol. The first-order valence-electron chi connectivity index (χ1n) is 7.48. The third kappa shape index (κ3) is 4.22. The van der Waals surface area contributed by atoms with Gasteiger partial charge in [0.2, 0.25) is 0 Å². The lowest BCUT2D eigenvalue weighted by Gasteiger charge is -2.09. The Hall–Kier alpha value is -2.73. The highest BCUT2D eigenvalue weighted by molar-refractivity contribution is 7.78. The Bertz CT molecular complexity index is 917. The van der Waals surface area contributed by atoms with Crippen LogP contribution in [-0.4, -0.2) is 15.1 Å². The van der Waals surface area contributed by atoms with E-state index in [1.54, 1.807) is 23.5 Å². The molecule has 0 unspecified atom stereocenters. The van der Waals surface area contributed by atoms with Crippen LogP contribution in [0.5, 0.6) is 0 Å². The molecule has 0 aliphatic heterocycles. The van der Waals surface area contributed by atoms with E-state index in [0.29, 0.717) is 6.42 Å². The molecule has 2 aromatic carbocycles. The van der Waals surface area contributed by atoms with Crippen LogP contribution in [0, 0.1) is 10.1 Å². The lowest BCUT2D eigenvalue weighted by molar-refractivity contribution is -0.384. The second-order valence-electron chi connectivity index (χ2n) is 5.30. The Morgan fingerprint density at radius 2 is 1.92 bits per heavy atom. The van der Waals surface area contributed by atoms with E-state index in [2.05, 4.69) is 15.1 Å². The van der Waals surface area contributed by atoms with Crippen molar-refractivity contribution in [3.05, 3.63) is 81.3 Å². The highest BCUT2D eigenvalue weighted by Crippen LogP contribution is 2.28. The van der Waals surface area contributed by atoms with E-state index in [4.69, 9.17) is 12.2 Å².